The van der Waals surface area contributed by atoms with Gasteiger partial charge in [-0.15, -0.1) is 0 Å². The maximum Gasteiger partial charge on any atom is 0.384 e. The van der Waals surface area contributed by atoms with E-state index >= 15 is 0 Å². The Kier molecular flexibility index (Phi) is 2.65. The van der Waals surface area contributed by atoms with Crippen LogP contribution in [0, 0.1) is 0 Å². The number of hydrogen-bond donors (Lipinski definition) is 1. The lowest BCUT2D eigenvalue weighted by Gasteiger charge is -2.18. The van der Waals surface area contributed by atoms with Crippen molar-refractivity contribution in [2.75, 3.05) is 6.61 Å². The fourth-order valence-corrected chi connectivity index (χ4v) is 1.05. The van der Waals surface area contributed by atoms with Crippen LogP contribution in [0.2, 0.25) is 0 Å². The summed E-state index contributed by atoms with van der Waals surface area (Å²) in [5.41, 5.74) is 0. The summed E-state index contributed by atoms with van der Waals surface area (Å²) in [6.07, 6.45) is -6.42. The van der Waals surface area contributed by atoms with Crippen molar-refractivity contribution in [3.8, 4) is 0 Å². The van der Waals surface area contributed by atoms with E-state index in [0.717, 1.165) is 0 Å². The van der Waals surface area contributed by atoms with Gasteiger partial charge in [-0.05, 0) is 13.8 Å². The molecule has 1 rings (SSSR count). The Morgan fingerprint density at radius 1 is 1.58 bits per heavy atom. The molecule has 0 saturated carbocycles. The summed E-state index contributed by atoms with van der Waals surface area (Å²) >= 11 is 0. The number of halogens is 2. The van der Waals surface area contributed by atoms with Gasteiger partial charge in [-0.1, -0.05) is 0 Å². The summed E-state index contributed by atoms with van der Waals surface area (Å²) in [5.74, 6) is 0. The number of aliphatic hydroxyl groups excluding tert-OH is 1. The molecule has 1 saturated heterocycles. The average Bonchev–Trinajstić information content (AvgIpc) is 2.15. The highest BCUT2D eigenvalue weighted by atomic mass is 19.3. The van der Waals surface area contributed by atoms with E-state index in [-0.39, 0.29) is 12.7 Å². The van der Waals surface area contributed by atoms with Gasteiger partial charge in [0.25, 0.3) is 0 Å². The lowest BCUT2D eigenvalue weighted by molar-refractivity contribution is -0.250. The van der Waals surface area contributed by atoms with E-state index in [2.05, 4.69) is 4.74 Å². The lowest BCUT2D eigenvalue weighted by Crippen LogP contribution is -2.37. The number of rotatable bonds is 2. The quantitative estimate of drug-likeness (QED) is 0.685. The standard InChI is InChI=1S/C7H12F2O3/c1-4(2)12-5-3-11-7(8,9)6(5)10/h4-6,10H,3H2,1-2H3/t5-,6-/m1/s1. The van der Waals surface area contributed by atoms with E-state index in [1.165, 1.54) is 0 Å². The molecule has 0 spiro atoms. The first-order valence-corrected chi connectivity index (χ1v) is 3.79. The van der Waals surface area contributed by atoms with Crippen LogP contribution in [0.3, 0.4) is 0 Å². The second-order valence-electron chi connectivity index (χ2n) is 3.04. The Morgan fingerprint density at radius 3 is 2.50 bits per heavy atom. The second-order valence-corrected chi connectivity index (χ2v) is 3.04. The van der Waals surface area contributed by atoms with E-state index in [1.807, 2.05) is 0 Å². The molecular formula is C7H12F2O3. The molecule has 1 fully saturated rings. The molecule has 0 unspecified atom stereocenters. The first-order chi connectivity index (χ1) is 5.43. The predicted octanol–water partition coefficient (Wildman–Crippen LogP) is 0.764. The zero-order valence-corrected chi connectivity index (χ0v) is 6.96. The smallest absolute Gasteiger partial charge is 0.381 e. The van der Waals surface area contributed by atoms with E-state index in [1.54, 1.807) is 13.8 Å². The van der Waals surface area contributed by atoms with Crippen LogP contribution in [-0.2, 0) is 9.47 Å². The molecule has 1 heterocycles. The molecule has 0 aromatic carbocycles. The molecule has 1 aliphatic heterocycles. The van der Waals surface area contributed by atoms with Crippen LogP contribution in [0.4, 0.5) is 8.78 Å². The SMILES string of the molecule is CC(C)O[C@@H]1COC(F)(F)[C@@H]1O. The third-order valence-electron chi connectivity index (χ3n) is 1.58. The van der Waals surface area contributed by atoms with Crippen molar-refractivity contribution in [3.63, 3.8) is 0 Å². The van der Waals surface area contributed by atoms with Gasteiger partial charge in [-0.25, -0.2) is 0 Å². The van der Waals surface area contributed by atoms with Crippen LogP contribution in [0.5, 0.6) is 0 Å². The Morgan fingerprint density at radius 2 is 2.17 bits per heavy atom. The normalized spacial score (nSPS) is 34.5. The molecule has 0 radical (unpaired) electrons. The molecule has 0 aromatic heterocycles. The van der Waals surface area contributed by atoms with Gasteiger partial charge >= 0.3 is 6.11 Å². The molecule has 0 bridgehead atoms. The highest BCUT2D eigenvalue weighted by Gasteiger charge is 2.52. The number of ether oxygens (including phenoxy) is 2. The largest absolute Gasteiger partial charge is 0.384 e. The monoisotopic (exact) mass is 182 g/mol. The summed E-state index contributed by atoms with van der Waals surface area (Å²) in [6, 6.07) is 0. The maximum atomic E-state index is 12.5. The third kappa shape index (κ3) is 1.91. The van der Waals surface area contributed by atoms with Gasteiger partial charge in [0.15, 0.2) is 6.10 Å². The van der Waals surface area contributed by atoms with Crippen molar-refractivity contribution < 1.29 is 23.4 Å². The molecule has 0 aliphatic carbocycles. The molecule has 3 nitrogen and oxygen atoms in total. The van der Waals surface area contributed by atoms with Crippen LogP contribution in [0.1, 0.15) is 13.8 Å². The Hall–Kier alpha value is -0.260. The lowest BCUT2D eigenvalue weighted by atomic mass is 10.2. The Labute approximate surface area is 69.3 Å². The van der Waals surface area contributed by atoms with Crippen molar-refractivity contribution in [1.29, 1.82) is 0 Å². The van der Waals surface area contributed by atoms with Crippen molar-refractivity contribution in [3.05, 3.63) is 0 Å². The molecule has 1 aliphatic rings. The molecule has 0 amide bonds. The fourth-order valence-electron chi connectivity index (χ4n) is 1.05. The number of hydrogen-bond acceptors (Lipinski definition) is 3. The van der Waals surface area contributed by atoms with Gasteiger partial charge in [0, 0.05) is 0 Å². The van der Waals surface area contributed by atoms with Crippen LogP contribution < -0.4 is 0 Å². The summed E-state index contributed by atoms with van der Waals surface area (Å²) in [6.45, 7) is 3.17. The van der Waals surface area contributed by atoms with E-state index < -0.39 is 18.3 Å². The number of alkyl halides is 2. The van der Waals surface area contributed by atoms with E-state index in [9.17, 15) is 8.78 Å². The van der Waals surface area contributed by atoms with Crippen molar-refractivity contribution in [2.45, 2.75) is 38.3 Å². The zero-order valence-electron chi connectivity index (χ0n) is 6.96. The van der Waals surface area contributed by atoms with Crippen LogP contribution >= 0.6 is 0 Å². The van der Waals surface area contributed by atoms with Gasteiger partial charge in [0.05, 0.1) is 12.7 Å². The van der Waals surface area contributed by atoms with Crippen LogP contribution in [0.15, 0.2) is 0 Å². The van der Waals surface area contributed by atoms with E-state index in [0.29, 0.717) is 0 Å². The maximum absolute atomic E-state index is 12.5. The molecular weight excluding hydrogens is 170 g/mol. The van der Waals surface area contributed by atoms with Gasteiger partial charge < -0.3 is 14.6 Å². The van der Waals surface area contributed by atoms with Gasteiger partial charge in [0.1, 0.15) is 6.10 Å². The molecule has 1 N–H and O–H groups in total. The van der Waals surface area contributed by atoms with E-state index in [4.69, 9.17) is 9.84 Å². The highest BCUT2D eigenvalue weighted by molar-refractivity contribution is 4.83. The van der Waals surface area contributed by atoms with Gasteiger partial charge in [-0.2, -0.15) is 8.78 Å². The topological polar surface area (TPSA) is 38.7 Å². The van der Waals surface area contributed by atoms with Crippen molar-refractivity contribution in [1.82, 2.24) is 0 Å². The minimum absolute atomic E-state index is 0.192. The summed E-state index contributed by atoms with van der Waals surface area (Å²) in [4.78, 5) is 0. The van der Waals surface area contributed by atoms with Crippen molar-refractivity contribution >= 4 is 0 Å². The fraction of sp³-hybridized carbons (Fsp3) is 1.00. The Balaban J connectivity index is 2.50. The molecule has 0 aromatic rings. The van der Waals surface area contributed by atoms with Crippen LogP contribution in [-0.4, -0.2) is 36.1 Å². The molecule has 12 heavy (non-hydrogen) atoms. The molecule has 2 atom stereocenters. The second kappa shape index (κ2) is 3.24. The van der Waals surface area contributed by atoms with Crippen LogP contribution in [0.25, 0.3) is 0 Å². The first kappa shape index (κ1) is 9.83. The van der Waals surface area contributed by atoms with Gasteiger partial charge in [0.2, 0.25) is 0 Å². The number of aliphatic hydroxyl groups is 1. The van der Waals surface area contributed by atoms with Crippen molar-refractivity contribution in [2.24, 2.45) is 0 Å². The first-order valence-electron chi connectivity index (χ1n) is 3.79. The molecule has 5 heteroatoms. The minimum atomic E-state index is -3.46. The van der Waals surface area contributed by atoms with Gasteiger partial charge in [-0.3, -0.25) is 0 Å². The predicted molar refractivity (Wildman–Crippen MR) is 36.9 cm³/mol. The summed E-state index contributed by atoms with van der Waals surface area (Å²) in [5, 5.41) is 8.97. The minimum Gasteiger partial charge on any atom is -0.381 e. The third-order valence-corrected chi connectivity index (χ3v) is 1.58. The summed E-state index contributed by atoms with van der Waals surface area (Å²) < 4.78 is 34.0. The molecule has 72 valence electrons. The Bertz CT molecular complexity index is 161. The highest BCUT2D eigenvalue weighted by Crippen LogP contribution is 2.31. The zero-order chi connectivity index (χ0) is 9.35. The average molecular weight is 182 g/mol. The summed E-state index contributed by atoms with van der Waals surface area (Å²) in [7, 11) is 0.